The standard InChI is InChI=1S/C25H35F3O3/c1-3-18-8-13-23(22(26)14-18)30-16-25(27,28)15-19-6-9-20(10-7-19)24(29)31-21-11-4-17(2)5-12-21/h8,13-14,17,19-21H,3-7,9-12,15-16H2,1-2H3. The van der Waals surface area contributed by atoms with E-state index >= 15 is 0 Å². The summed E-state index contributed by atoms with van der Waals surface area (Å²) in [4.78, 5) is 12.5. The van der Waals surface area contributed by atoms with Crippen molar-refractivity contribution in [2.24, 2.45) is 17.8 Å². The van der Waals surface area contributed by atoms with Gasteiger partial charge in [-0.1, -0.05) is 19.9 Å². The van der Waals surface area contributed by atoms with E-state index in [1.165, 1.54) is 12.1 Å². The third-order valence-corrected chi connectivity index (χ3v) is 6.86. The molecular weight excluding hydrogens is 405 g/mol. The van der Waals surface area contributed by atoms with Gasteiger partial charge in [0.05, 0.1) is 5.92 Å². The maximum atomic E-state index is 14.4. The molecule has 2 aliphatic rings. The second kappa shape index (κ2) is 10.7. The number of benzene rings is 1. The summed E-state index contributed by atoms with van der Waals surface area (Å²) in [5.74, 6) is -3.58. The molecule has 0 N–H and O–H groups in total. The molecule has 2 fully saturated rings. The van der Waals surface area contributed by atoms with Crippen LogP contribution in [0.3, 0.4) is 0 Å². The van der Waals surface area contributed by atoms with Crippen LogP contribution in [0.2, 0.25) is 0 Å². The summed E-state index contributed by atoms with van der Waals surface area (Å²) < 4.78 is 53.6. The number of hydrogen-bond acceptors (Lipinski definition) is 3. The lowest BCUT2D eigenvalue weighted by Gasteiger charge is -2.32. The molecule has 0 aromatic heterocycles. The lowest BCUT2D eigenvalue weighted by molar-refractivity contribution is -0.157. The van der Waals surface area contributed by atoms with Crippen molar-refractivity contribution < 1.29 is 27.4 Å². The largest absolute Gasteiger partial charge is 0.484 e. The van der Waals surface area contributed by atoms with Gasteiger partial charge in [-0.05, 0) is 87.3 Å². The normalized spacial score (nSPS) is 27.0. The molecule has 0 bridgehead atoms. The quantitative estimate of drug-likeness (QED) is 0.421. The maximum absolute atomic E-state index is 14.4. The predicted molar refractivity (Wildman–Crippen MR) is 114 cm³/mol. The molecule has 6 heteroatoms. The third-order valence-electron chi connectivity index (χ3n) is 6.86. The maximum Gasteiger partial charge on any atom is 0.309 e. The van der Waals surface area contributed by atoms with E-state index in [-0.39, 0.29) is 36.1 Å². The number of carbonyl (C=O) groups is 1. The van der Waals surface area contributed by atoms with E-state index in [9.17, 15) is 18.0 Å². The average Bonchev–Trinajstić information content (AvgIpc) is 2.74. The van der Waals surface area contributed by atoms with Gasteiger partial charge >= 0.3 is 5.97 Å². The second-order valence-corrected chi connectivity index (χ2v) is 9.50. The van der Waals surface area contributed by atoms with Crippen LogP contribution in [0, 0.1) is 23.6 Å². The highest BCUT2D eigenvalue weighted by molar-refractivity contribution is 5.72. The van der Waals surface area contributed by atoms with E-state index in [2.05, 4.69) is 6.92 Å². The topological polar surface area (TPSA) is 35.5 Å². The number of ether oxygens (including phenoxy) is 2. The molecule has 0 amide bonds. The molecule has 31 heavy (non-hydrogen) atoms. The zero-order valence-electron chi connectivity index (χ0n) is 18.7. The van der Waals surface area contributed by atoms with Crippen LogP contribution in [0.4, 0.5) is 13.2 Å². The van der Waals surface area contributed by atoms with Crippen LogP contribution < -0.4 is 4.74 Å². The molecule has 174 valence electrons. The van der Waals surface area contributed by atoms with Gasteiger partial charge in [0.25, 0.3) is 5.92 Å². The highest BCUT2D eigenvalue weighted by atomic mass is 19.3. The minimum absolute atomic E-state index is 0.0229. The Labute approximate surface area is 183 Å². The number of alkyl halides is 2. The van der Waals surface area contributed by atoms with Crippen molar-refractivity contribution in [3.63, 3.8) is 0 Å². The minimum atomic E-state index is -3.04. The molecule has 0 heterocycles. The fourth-order valence-corrected chi connectivity index (χ4v) is 4.76. The number of halogens is 3. The number of carbonyl (C=O) groups excluding carboxylic acids is 1. The summed E-state index contributed by atoms with van der Waals surface area (Å²) in [6.45, 7) is 3.28. The molecule has 0 unspecified atom stereocenters. The molecule has 0 saturated heterocycles. The highest BCUT2D eigenvalue weighted by Gasteiger charge is 2.37. The van der Waals surface area contributed by atoms with Gasteiger partial charge in [-0.3, -0.25) is 4.79 Å². The molecular formula is C25H35F3O3. The first-order chi connectivity index (χ1) is 14.8. The lowest BCUT2D eigenvalue weighted by Crippen LogP contribution is -2.33. The molecule has 0 aliphatic heterocycles. The Morgan fingerprint density at radius 3 is 2.35 bits per heavy atom. The van der Waals surface area contributed by atoms with Crippen molar-refractivity contribution in [2.45, 2.75) is 90.1 Å². The van der Waals surface area contributed by atoms with Gasteiger partial charge in [0.2, 0.25) is 0 Å². The molecule has 0 atom stereocenters. The van der Waals surface area contributed by atoms with E-state index in [0.29, 0.717) is 38.0 Å². The third kappa shape index (κ3) is 7.15. The molecule has 3 nitrogen and oxygen atoms in total. The van der Waals surface area contributed by atoms with Gasteiger partial charge in [0.15, 0.2) is 18.2 Å². The van der Waals surface area contributed by atoms with Crippen LogP contribution in [0.1, 0.15) is 77.2 Å². The Morgan fingerprint density at radius 2 is 1.74 bits per heavy atom. The molecule has 1 aromatic carbocycles. The fourth-order valence-electron chi connectivity index (χ4n) is 4.76. The SMILES string of the molecule is CCc1ccc(OCC(F)(F)CC2CCC(C(=O)OC3CCC(C)CC3)CC2)c(F)c1. The Kier molecular flexibility index (Phi) is 8.29. The van der Waals surface area contributed by atoms with E-state index in [0.717, 1.165) is 31.2 Å². The molecule has 0 spiro atoms. The van der Waals surface area contributed by atoms with E-state index in [1.54, 1.807) is 6.07 Å². The van der Waals surface area contributed by atoms with Crippen LogP contribution >= 0.6 is 0 Å². The number of rotatable bonds is 8. The summed E-state index contributed by atoms with van der Waals surface area (Å²) >= 11 is 0. The van der Waals surface area contributed by atoms with Gasteiger partial charge in [0, 0.05) is 6.42 Å². The second-order valence-electron chi connectivity index (χ2n) is 9.50. The van der Waals surface area contributed by atoms with E-state index in [4.69, 9.17) is 9.47 Å². The summed E-state index contributed by atoms with van der Waals surface area (Å²) in [6.07, 6.45) is 6.78. The van der Waals surface area contributed by atoms with Crippen molar-refractivity contribution in [3.8, 4) is 5.75 Å². The van der Waals surface area contributed by atoms with Crippen LogP contribution in [0.5, 0.6) is 5.75 Å². The summed E-state index contributed by atoms with van der Waals surface area (Å²) in [7, 11) is 0. The van der Waals surface area contributed by atoms with Gasteiger partial charge in [-0.2, -0.15) is 0 Å². The first-order valence-corrected chi connectivity index (χ1v) is 11.7. The minimum Gasteiger partial charge on any atom is -0.484 e. The predicted octanol–water partition coefficient (Wildman–Crippen LogP) is 6.72. The van der Waals surface area contributed by atoms with Crippen LogP contribution in [-0.4, -0.2) is 24.6 Å². The van der Waals surface area contributed by atoms with Crippen molar-refractivity contribution in [1.29, 1.82) is 0 Å². The summed E-state index contributed by atoms with van der Waals surface area (Å²) in [5, 5.41) is 0. The van der Waals surface area contributed by atoms with E-state index in [1.807, 2.05) is 6.92 Å². The van der Waals surface area contributed by atoms with Crippen LogP contribution in [0.15, 0.2) is 18.2 Å². The van der Waals surface area contributed by atoms with Crippen molar-refractivity contribution in [1.82, 2.24) is 0 Å². The number of hydrogen-bond donors (Lipinski definition) is 0. The number of esters is 1. The van der Waals surface area contributed by atoms with Crippen LogP contribution in [-0.2, 0) is 16.0 Å². The van der Waals surface area contributed by atoms with Gasteiger partial charge in [0.1, 0.15) is 6.10 Å². The van der Waals surface area contributed by atoms with Crippen molar-refractivity contribution in [2.75, 3.05) is 6.61 Å². The zero-order valence-corrected chi connectivity index (χ0v) is 18.7. The summed E-state index contributed by atoms with van der Waals surface area (Å²) in [5.41, 5.74) is 0.796. The number of aryl methyl sites for hydroxylation is 1. The first kappa shape index (κ1) is 23.9. The molecule has 2 saturated carbocycles. The fraction of sp³-hybridized carbons (Fsp3) is 0.720. The lowest BCUT2D eigenvalue weighted by atomic mass is 9.79. The Hall–Kier alpha value is -1.72. The molecule has 3 rings (SSSR count). The molecule has 0 radical (unpaired) electrons. The first-order valence-electron chi connectivity index (χ1n) is 11.7. The average molecular weight is 441 g/mol. The van der Waals surface area contributed by atoms with Crippen molar-refractivity contribution in [3.05, 3.63) is 29.6 Å². The van der Waals surface area contributed by atoms with Gasteiger partial charge < -0.3 is 9.47 Å². The monoisotopic (exact) mass is 440 g/mol. The van der Waals surface area contributed by atoms with Crippen LogP contribution in [0.25, 0.3) is 0 Å². The Morgan fingerprint density at radius 1 is 1.06 bits per heavy atom. The molecule has 2 aliphatic carbocycles. The highest BCUT2D eigenvalue weighted by Crippen LogP contribution is 2.37. The smallest absolute Gasteiger partial charge is 0.309 e. The van der Waals surface area contributed by atoms with Crippen molar-refractivity contribution >= 4 is 5.97 Å². The van der Waals surface area contributed by atoms with Gasteiger partial charge in [-0.25, -0.2) is 13.2 Å². The van der Waals surface area contributed by atoms with E-state index < -0.39 is 18.3 Å². The molecule has 1 aromatic rings. The Bertz CT molecular complexity index is 721. The zero-order chi connectivity index (χ0) is 22.4. The summed E-state index contributed by atoms with van der Waals surface area (Å²) in [6, 6.07) is 4.42. The van der Waals surface area contributed by atoms with Gasteiger partial charge in [-0.15, -0.1) is 0 Å². The Balaban J connectivity index is 1.40.